The number of halogens is 1. The second-order valence-electron chi connectivity index (χ2n) is 11.6. The van der Waals surface area contributed by atoms with E-state index in [-0.39, 0.29) is 30.0 Å². The minimum atomic E-state index is -4.01. The Labute approximate surface area is 276 Å². The molecule has 0 radical (unpaired) electrons. The first kappa shape index (κ1) is 29.4. The molecule has 10 nitrogen and oxygen atoms in total. The van der Waals surface area contributed by atoms with E-state index in [1.807, 2.05) is 36.4 Å². The molecule has 3 heterocycles. The van der Waals surface area contributed by atoms with Crippen molar-refractivity contribution in [2.75, 3.05) is 18.3 Å². The average molecular weight is 670 g/mol. The second-order valence-corrected chi connectivity index (χ2v) is 13.7. The molecule has 3 aliphatic heterocycles. The fourth-order valence-corrected chi connectivity index (χ4v) is 7.69. The van der Waals surface area contributed by atoms with Crippen molar-refractivity contribution in [1.29, 1.82) is 0 Å². The molecule has 4 aromatic carbocycles. The molecule has 0 saturated heterocycles. The largest absolute Gasteiger partial charge is 0.454 e. The van der Waals surface area contributed by atoms with Gasteiger partial charge in [0.2, 0.25) is 13.6 Å². The molecule has 1 aliphatic carbocycles. The van der Waals surface area contributed by atoms with Gasteiger partial charge in [-0.3, -0.25) is 9.52 Å². The van der Waals surface area contributed by atoms with Crippen LogP contribution in [0.2, 0.25) is 5.02 Å². The molecule has 47 heavy (non-hydrogen) atoms. The first-order valence-electron chi connectivity index (χ1n) is 15.1. The maximum Gasteiger partial charge on any atom is 0.274 e. The highest BCUT2D eigenvalue weighted by molar-refractivity contribution is 7.92. The van der Waals surface area contributed by atoms with Crippen LogP contribution in [-0.2, 0) is 10.0 Å². The van der Waals surface area contributed by atoms with E-state index in [4.69, 9.17) is 35.6 Å². The van der Waals surface area contributed by atoms with Gasteiger partial charge in [-0.15, -0.1) is 0 Å². The van der Waals surface area contributed by atoms with E-state index in [0.29, 0.717) is 33.7 Å². The number of carbonyl (C=O) groups excluding carboxylic acids is 1. The van der Waals surface area contributed by atoms with E-state index in [1.54, 1.807) is 36.4 Å². The Hall–Kier alpha value is -5.00. The molecule has 4 aromatic rings. The molecular formula is C35H28ClN3O7S. The summed E-state index contributed by atoms with van der Waals surface area (Å²) in [4.78, 5) is 14.3. The number of hydrazone groups is 1. The zero-order valence-corrected chi connectivity index (χ0v) is 26.5. The summed E-state index contributed by atoms with van der Waals surface area (Å²) in [6.07, 6.45) is 4.61. The Morgan fingerprint density at radius 3 is 2.38 bits per heavy atom. The van der Waals surface area contributed by atoms with Crippen molar-refractivity contribution in [1.82, 2.24) is 5.01 Å². The van der Waals surface area contributed by atoms with Crippen molar-refractivity contribution >= 4 is 45.0 Å². The maximum atomic E-state index is 14.4. The molecule has 1 saturated carbocycles. The third-order valence-electron chi connectivity index (χ3n) is 8.67. The normalized spacial score (nSPS) is 20.2. The summed E-state index contributed by atoms with van der Waals surface area (Å²) in [6, 6.07) is 23.4. The third-order valence-corrected chi connectivity index (χ3v) is 10.3. The van der Waals surface area contributed by atoms with Crippen molar-refractivity contribution < 1.29 is 32.2 Å². The molecule has 8 rings (SSSR count). The quantitative estimate of drug-likeness (QED) is 0.234. The van der Waals surface area contributed by atoms with Gasteiger partial charge in [0.25, 0.3) is 15.9 Å². The summed E-state index contributed by atoms with van der Waals surface area (Å²) in [5, 5.41) is 6.96. The predicted octanol–water partition coefficient (Wildman–Crippen LogP) is 7.04. The number of amides is 1. The van der Waals surface area contributed by atoms with Gasteiger partial charge < -0.3 is 18.9 Å². The molecular weight excluding hydrogens is 642 g/mol. The van der Waals surface area contributed by atoms with Crippen LogP contribution in [0.3, 0.4) is 0 Å². The van der Waals surface area contributed by atoms with E-state index in [1.165, 1.54) is 17.1 Å². The van der Waals surface area contributed by atoms with Crippen LogP contribution >= 0.6 is 11.6 Å². The van der Waals surface area contributed by atoms with Crippen LogP contribution in [0.5, 0.6) is 23.0 Å². The van der Waals surface area contributed by atoms with Crippen molar-refractivity contribution in [3.8, 4) is 23.0 Å². The molecule has 0 bridgehead atoms. The number of sulfonamides is 1. The van der Waals surface area contributed by atoms with Gasteiger partial charge in [0, 0.05) is 22.2 Å². The Morgan fingerprint density at radius 2 is 1.60 bits per heavy atom. The van der Waals surface area contributed by atoms with Gasteiger partial charge in [0.15, 0.2) is 23.0 Å². The van der Waals surface area contributed by atoms with Gasteiger partial charge in [-0.05, 0) is 109 Å². The summed E-state index contributed by atoms with van der Waals surface area (Å²) in [6.45, 7) is 0.323. The number of benzene rings is 4. The van der Waals surface area contributed by atoms with Gasteiger partial charge in [-0.1, -0.05) is 29.8 Å². The lowest BCUT2D eigenvalue weighted by Gasteiger charge is -2.30. The summed E-state index contributed by atoms with van der Waals surface area (Å²) in [5.74, 6) is 2.14. The second kappa shape index (κ2) is 11.7. The zero-order chi connectivity index (χ0) is 32.1. The summed E-state index contributed by atoms with van der Waals surface area (Å²) in [7, 11) is -4.01. The summed E-state index contributed by atoms with van der Waals surface area (Å²) in [5.41, 5.74) is 4.21. The number of ether oxygens (including phenoxy) is 4. The third kappa shape index (κ3) is 5.55. The minimum absolute atomic E-state index is 0.0504. The smallest absolute Gasteiger partial charge is 0.274 e. The Kier molecular flexibility index (Phi) is 7.30. The molecule has 1 fully saturated rings. The molecule has 0 spiro atoms. The van der Waals surface area contributed by atoms with E-state index in [2.05, 4.69) is 10.8 Å². The highest BCUT2D eigenvalue weighted by atomic mass is 35.5. The zero-order valence-electron chi connectivity index (χ0n) is 24.9. The van der Waals surface area contributed by atoms with Crippen molar-refractivity contribution in [2.45, 2.75) is 30.2 Å². The Morgan fingerprint density at radius 1 is 0.872 bits per heavy atom. The lowest BCUT2D eigenvalue weighted by molar-refractivity contribution is 0.0680. The minimum Gasteiger partial charge on any atom is -0.454 e. The van der Waals surface area contributed by atoms with Crippen LogP contribution in [0.25, 0.3) is 6.08 Å². The van der Waals surface area contributed by atoms with Crippen LogP contribution in [0.4, 0.5) is 5.69 Å². The van der Waals surface area contributed by atoms with Gasteiger partial charge in [0.1, 0.15) is 0 Å². The van der Waals surface area contributed by atoms with Crippen LogP contribution in [0, 0.1) is 5.92 Å². The van der Waals surface area contributed by atoms with Crippen molar-refractivity contribution in [2.24, 2.45) is 11.0 Å². The lowest BCUT2D eigenvalue weighted by atomic mass is 9.77. The lowest BCUT2D eigenvalue weighted by Crippen LogP contribution is -2.32. The number of rotatable bonds is 6. The number of nitrogens with zero attached hydrogens (tertiary/aromatic N) is 2. The summed E-state index contributed by atoms with van der Waals surface area (Å²) >= 11 is 5.96. The van der Waals surface area contributed by atoms with Crippen LogP contribution in [0.1, 0.15) is 46.8 Å². The van der Waals surface area contributed by atoms with Gasteiger partial charge >= 0.3 is 0 Å². The average Bonchev–Trinajstić information content (AvgIpc) is 3.84. The van der Waals surface area contributed by atoms with E-state index < -0.39 is 22.0 Å². The Balaban J connectivity index is 1.16. The van der Waals surface area contributed by atoms with Gasteiger partial charge in [-0.2, -0.15) is 5.10 Å². The number of carbonyl (C=O) groups is 1. The number of allylic oxidation sites excluding steroid dienone is 1. The van der Waals surface area contributed by atoms with Gasteiger partial charge in [-0.25, -0.2) is 13.4 Å². The number of hydrogen-bond donors (Lipinski definition) is 1. The van der Waals surface area contributed by atoms with E-state index in [0.717, 1.165) is 41.7 Å². The molecule has 1 amide bonds. The molecule has 12 heteroatoms. The number of nitrogens with one attached hydrogen (secondary N) is 1. The molecule has 0 aromatic heterocycles. The van der Waals surface area contributed by atoms with Crippen LogP contribution < -0.4 is 23.7 Å². The van der Waals surface area contributed by atoms with Crippen molar-refractivity contribution in [3.63, 3.8) is 0 Å². The molecule has 238 valence electrons. The number of anilines is 1. The predicted molar refractivity (Wildman–Crippen MR) is 175 cm³/mol. The molecule has 0 unspecified atom stereocenters. The number of fused-ring (bicyclic) bond motifs is 3. The topological polar surface area (TPSA) is 116 Å². The highest BCUT2D eigenvalue weighted by Gasteiger charge is 2.44. The SMILES string of the molecule is O=C(c1cccc(S(=O)(=O)Nc2ccc(Cl)cc2)c1)N1N=C2/C(=C\c3ccc4c(c3)OCO4)CCC[C@H]2[C@H]1c1ccc2c(c1)OCO2. The van der Waals surface area contributed by atoms with E-state index in [9.17, 15) is 13.2 Å². The van der Waals surface area contributed by atoms with E-state index >= 15 is 0 Å². The van der Waals surface area contributed by atoms with Crippen LogP contribution in [-0.4, -0.2) is 38.6 Å². The van der Waals surface area contributed by atoms with Crippen LogP contribution in [0.15, 0.2) is 100 Å². The fraction of sp³-hybridized carbons (Fsp3) is 0.200. The van der Waals surface area contributed by atoms with Gasteiger partial charge in [0.05, 0.1) is 16.6 Å². The Bertz CT molecular complexity index is 2080. The molecule has 2 atom stereocenters. The maximum absolute atomic E-state index is 14.4. The first-order chi connectivity index (χ1) is 22.8. The fourth-order valence-electron chi connectivity index (χ4n) is 6.46. The number of hydrogen-bond acceptors (Lipinski definition) is 8. The summed E-state index contributed by atoms with van der Waals surface area (Å²) < 4.78 is 51.5. The first-order valence-corrected chi connectivity index (χ1v) is 17.0. The monoisotopic (exact) mass is 669 g/mol. The molecule has 4 aliphatic rings. The molecule has 1 N–H and O–H groups in total. The van der Waals surface area contributed by atoms with Crippen molar-refractivity contribution in [3.05, 3.63) is 112 Å². The highest BCUT2D eigenvalue weighted by Crippen LogP contribution is 2.47. The standard InChI is InChI=1S/C35H28ClN3O7S/c36-25-9-11-26(12-10-25)38-47(41,42)27-5-1-4-24(17-27)35(40)39-34(23-8-14-30-32(18-23)46-20-44-30)28-6-2-3-22(33(28)37-39)15-21-7-13-29-31(16-21)45-19-43-29/h1,4-5,7-18,28,34,38H,2-3,6,19-20H2/b22-15-/t28-,34-/m1/s1.